The molecule has 7 nitrogen and oxygen atoms in total. The molecule has 0 aliphatic carbocycles. The predicted octanol–water partition coefficient (Wildman–Crippen LogP) is 3.02. The number of fused-ring (bicyclic) bond motifs is 1. The highest BCUT2D eigenvalue weighted by Gasteiger charge is 2.33. The van der Waals surface area contributed by atoms with Gasteiger partial charge in [0.1, 0.15) is 17.6 Å². The molecule has 0 radical (unpaired) electrons. The molecule has 3 heterocycles. The van der Waals surface area contributed by atoms with Gasteiger partial charge in [-0.05, 0) is 31.9 Å². The van der Waals surface area contributed by atoms with Crippen molar-refractivity contribution in [2.24, 2.45) is 0 Å². The summed E-state index contributed by atoms with van der Waals surface area (Å²) in [5, 5.41) is 0.280. The van der Waals surface area contributed by atoms with E-state index in [1.807, 2.05) is 19.9 Å². The van der Waals surface area contributed by atoms with Gasteiger partial charge < -0.3 is 24.1 Å². The van der Waals surface area contributed by atoms with Crippen LogP contribution >= 0.6 is 11.6 Å². The van der Waals surface area contributed by atoms with Gasteiger partial charge in [0.05, 0.1) is 37.5 Å². The molecule has 1 N–H and O–H groups in total. The highest BCUT2D eigenvalue weighted by molar-refractivity contribution is 6.35. The van der Waals surface area contributed by atoms with Gasteiger partial charge in [0.2, 0.25) is 0 Å². The highest BCUT2D eigenvalue weighted by Crippen LogP contribution is 2.41. The molecule has 2 aliphatic rings. The number of nitrogens with one attached hydrogen (secondary N) is 1. The van der Waals surface area contributed by atoms with Gasteiger partial charge in [-0.25, -0.2) is 0 Å². The Hall–Kier alpha value is -2.51. The SMILES string of the molecule is COc1cc(O[C@@H]2CCOC2)c(Cl)c2c1CCN(Cc1c(C)cc(C)[nH]c1=O)C2=O. The first-order valence-corrected chi connectivity index (χ1v) is 10.4. The lowest BCUT2D eigenvalue weighted by atomic mass is 9.96. The van der Waals surface area contributed by atoms with Crippen molar-refractivity contribution in [3.8, 4) is 11.5 Å². The molecule has 2 aromatic rings. The monoisotopic (exact) mass is 432 g/mol. The second-order valence-electron chi connectivity index (χ2n) is 7.77. The number of halogens is 1. The maximum absolute atomic E-state index is 13.4. The number of carbonyl (C=O) groups excluding carboxylic acids is 1. The summed E-state index contributed by atoms with van der Waals surface area (Å²) in [7, 11) is 1.57. The van der Waals surface area contributed by atoms with E-state index < -0.39 is 0 Å². The molecule has 1 saturated heterocycles. The van der Waals surface area contributed by atoms with Gasteiger partial charge in [-0.15, -0.1) is 0 Å². The summed E-state index contributed by atoms with van der Waals surface area (Å²) in [5.74, 6) is 0.773. The second-order valence-corrected chi connectivity index (χ2v) is 8.15. The molecule has 0 spiro atoms. The lowest BCUT2D eigenvalue weighted by Gasteiger charge is -2.31. The lowest BCUT2D eigenvalue weighted by molar-refractivity contribution is 0.0723. The van der Waals surface area contributed by atoms with Crippen LogP contribution in [0.1, 0.15) is 39.2 Å². The normalized spacial score (nSPS) is 18.5. The van der Waals surface area contributed by atoms with E-state index in [1.54, 1.807) is 18.1 Å². The number of ether oxygens (including phenoxy) is 3. The Balaban J connectivity index is 1.68. The molecule has 1 atom stereocenters. The van der Waals surface area contributed by atoms with E-state index in [4.69, 9.17) is 25.8 Å². The third kappa shape index (κ3) is 3.79. The van der Waals surface area contributed by atoms with Crippen LogP contribution < -0.4 is 15.0 Å². The van der Waals surface area contributed by atoms with Crippen molar-refractivity contribution >= 4 is 17.5 Å². The first kappa shape index (κ1) is 20.8. The Kier molecular flexibility index (Phi) is 5.75. The van der Waals surface area contributed by atoms with E-state index >= 15 is 0 Å². The van der Waals surface area contributed by atoms with E-state index in [1.165, 1.54) is 0 Å². The third-order valence-electron chi connectivity index (χ3n) is 5.67. The third-order valence-corrected chi connectivity index (χ3v) is 6.05. The Morgan fingerprint density at radius 3 is 2.73 bits per heavy atom. The molecule has 30 heavy (non-hydrogen) atoms. The van der Waals surface area contributed by atoms with Crippen molar-refractivity contribution in [2.45, 2.75) is 39.3 Å². The van der Waals surface area contributed by atoms with Crippen LogP contribution in [0.25, 0.3) is 0 Å². The van der Waals surface area contributed by atoms with Gasteiger partial charge in [0.25, 0.3) is 11.5 Å². The molecule has 0 saturated carbocycles. The molecule has 1 aromatic carbocycles. The fourth-order valence-corrected chi connectivity index (χ4v) is 4.39. The van der Waals surface area contributed by atoms with Crippen LogP contribution in [0.5, 0.6) is 11.5 Å². The number of carbonyl (C=O) groups is 1. The number of hydrogen-bond acceptors (Lipinski definition) is 5. The molecule has 2 aliphatic heterocycles. The zero-order valence-electron chi connectivity index (χ0n) is 17.3. The van der Waals surface area contributed by atoms with Crippen LogP contribution in [-0.2, 0) is 17.7 Å². The van der Waals surface area contributed by atoms with E-state index in [2.05, 4.69) is 4.98 Å². The van der Waals surface area contributed by atoms with Crippen molar-refractivity contribution in [1.82, 2.24) is 9.88 Å². The standard InChI is InChI=1S/C22H25ClN2O5/c1-12-8-13(2)24-21(26)16(12)10-25-6-4-15-17(28-3)9-18(20(23)19(15)22(25)27)30-14-5-7-29-11-14/h8-9,14H,4-7,10-11H2,1-3H3,(H,24,26)/t14-/m1/s1. The van der Waals surface area contributed by atoms with Gasteiger partial charge in [-0.2, -0.15) is 0 Å². The first-order valence-electron chi connectivity index (χ1n) is 10.0. The summed E-state index contributed by atoms with van der Waals surface area (Å²) >= 11 is 6.64. The minimum Gasteiger partial charge on any atom is -0.496 e. The number of amides is 1. The predicted molar refractivity (Wildman–Crippen MR) is 113 cm³/mol. The molecule has 1 amide bonds. The van der Waals surface area contributed by atoms with Crippen molar-refractivity contribution in [3.05, 3.63) is 55.5 Å². The van der Waals surface area contributed by atoms with E-state index in [-0.39, 0.29) is 29.1 Å². The quantitative estimate of drug-likeness (QED) is 0.785. The minimum absolute atomic E-state index is 0.103. The number of aromatic amines is 1. The highest BCUT2D eigenvalue weighted by atomic mass is 35.5. The van der Waals surface area contributed by atoms with Crippen LogP contribution in [0.15, 0.2) is 16.9 Å². The number of H-pyrrole nitrogens is 1. The van der Waals surface area contributed by atoms with Crippen molar-refractivity contribution < 1.29 is 19.0 Å². The molecule has 4 rings (SSSR count). The Morgan fingerprint density at radius 2 is 2.07 bits per heavy atom. The number of aryl methyl sites for hydroxylation is 2. The number of methoxy groups -OCH3 is 1. The largest absolute Gasteiger partial charge is 0.496 e. The fourth-order valence-electron chi connectivity index (χ4n) is 4.10. The van der Waals surface area contributed by atoms with Crippen molar-refractivity contribution in [1.29, 1.82) is 0 Å². The topological polar surface area (TPSA) is 80.9 Å². The van der Waals surface area contributed by atoms with Gasteiger partial charge in [0, 0.05) is 35.9 Å². The van der Waals surface area contributed by atoms with Crippen LogP contribution in [0, 0.1) is 13.8 Å². The van der Waals surface area contributed by atoms with E-state index in [9.17, 15) is 9.59 Å². The summed E-state index contributed by atoms with van der Waals surface area (Å²) in [6.45, 7) is 5.55. The molecular formula is C22H25ClN2O5. The lowest BCUT2D eigenvalue weighted by Crippen LogP contribution is -2.39. The Morgan fingerprint density at radius 1 is 1.27 bits per heavy atom. The van der Waals surface area contributed by atoms with Crippen LogP contribution in [-0.4, -0.2) is 48.8 Å². The van der Waals surface area contributed by atoms with Gasteiger partial charge in [-0.3, -0.25) is 9.59 Å². The number of nitrogens with zero attached hydrogens (tertiary/aromatic N) is 1. The van der Waals surface area contributed by atoms with Crippen molar-refractivity contribution in [3.63, 3.8) is 0 Å². The molecule has 1 fully saturated rings. The summed E-state index contributed by atoms with van der Waals surface area (Å²) < 4.78 is 16.9. The summed E-state index contributed by atoms with van der Waals surface area (Å²) in [6.07, 6.45) is 1.25. The van der Waals surface area contributed by atoms with Crippen LogP contribution in [0.2, 0.25) is 5.02 Å². The van der Waals surface area contributed by atoms with Gasteiger partial charge in [0.15, 0.2) is 0 Å². The maximum Gasteiger partial charge on any atom is 0.256 e. The average Bonchev–Trinajstić information content (AvgIpc) is 3.21. The second kappa shape index (κ2) is 8.32. The number of benzene rings is 1. The zero-order chi connectivity index (χ0) is 21.4. The minimum atomic E-state index is -0.230. The fraction of sp³-hybridized carbons (Fsp3) is 0.455. The molecule has 160 valence electrons. The molecule has 8 heteroatoms. The van der Waals surface area contributed by atoms with Gasteiger partial charge >= 0.3 is 0 Å². The molecule has 0 bridgehead atoms. The first-order chi connectivity index (χ1) is 14.4. The van der Waals surface area contributed by atoms with E-state index in [0.29, 0.717) is 48.8 Å². The molecule has 0 unspecified atom stereocenters. The summed E-state index contributed by atoms with van der Waals surface area (Å²) in [6, 6.07) is 3.65. The number of hydrogen-bond donors (Lipinski definition) is 1. The van der Waals surface area contributed by atoms with Crippen LogP contribution in [0.3, 0.4) is 0 Å². The van der Waals surface area contributed by atoms with Crippen molar-refractivity contribution in [2.75, 3.05) is 26.9 Å². The zero-order valence-corrected chi connectivity index (χ0v) is 18.1. The Bertz CT molecular complexity index is 1040. The number of aromatic nitrogens is 1. The summed E-state index contributed by atoms with van der Waals surface area (Å²) in [4.78, 5) is 30.3. The van der Waals surface area contributed by atoms with Crippen LogP contribution in [0.4, 0.5) is 0 Å². The van der Waals surface area contributed by atoms with E-state index in [0.717, 1.165) is 23.2 Å². The molecule has 1 aromatic heterocycles. The van der Waals surface area contributed by atoms with Gasteiger partial charge in [-0.1, -0.05) is 11.6 Å². The smallest absolute Gasteiger partial charge is 0.256 e. The number of pyridine rings is 1. The number of rotatable bonds is 5. The average molecular weight is 433 g/mol. The summed E-state index contributed by atoms with van der Waals surface area (Å²) in [5.41, 5.74) is 3.22. The molecular weight excluding hydrogens is 408 g/mol. The maximum atomic E-state index is 13.4. The Labute approximate surface area is 179 Å².